The Kier molecular flexibility index (Phi) is 4.10. The molecule has 0 radical (unpaired) electrons. The average molecular weight is 258 g/mol. The molecule has 4 heteroatoms. The van der Waals surface area contributed by atoms with Crippen molar-refractivity contribution in [2.24, 2.45) is 4.99 Å². The summed E-state index contributed by atoms with van der Waals surface area (Å²) in [5.41, 5.74) is 2.18. The maximum Gasteiger partial charge on any atom is 0.196 e. The minimum absolute atomic E-state index is 0.254. The molecule has 0 saturated heterocycles. The third kappa shape index (κ3) is 3.74. The van der Waals surface area contributed by atoms with Crippen LogP contribution in [0.2, 0.25) is 0 Å². The molecule has 0 saturated carbocycles. The normalized spacial score (nSPS) is 12.4. The topological polar surface area (TPSA) is 52.2 Å². The first-order valence-electron chi connectivity index (χ1n) is 6.73. The van der Waals surface area contributed by atoms with Gasteiger partial charge in [0.05, 0.1) is 0 Å². The average Bonchev–Trinajstić information content (AvgIpc) is 2.74. The minimum Gasteiger partial charge on any atom is -0.361 e. The molecule has 19 heavy (non-hydrogen) atoms. The summed E-state index contributed by atoms with van der Waals surface area (Å²) in [6, 6.07) is 8.90. The maximum atomic E-state index is 4.57. The highest BCUT2D eigenvalue weighted by Crippen LogP contribution is 2.17. The number of nitrogens with one attached hydrogen (secondary N) is 3. The maximum absolute atomic E-state index is 4.57. The molecular weight excluding hydrogens is 236 g/mol. The summed E-state index contributed by atoms with van der Waals surface area (Å²) in [4.78, 5) is 7.76. The Morgan fingerprint density at radius 1 is 1.16 bits per heavy atom. The molecule has 1 aromatic carbocycles. The van der Waals surface area contributed by atoms with Crippen molar-refractivity contribution in [3.05, 3.63) is 30.5 Å². The zero-order valence-electron chi connectivity index (χ0n) is 12.0. The van der Waals surface area contributed by atoms with Gasteiger partial charge in [-0.3, -0.25) is 4.99 Å². The standard InChI is InChI=1S/C15H22N4/c1-10(2)17-15(18-11(3)4)19-13-5-6-14-12(9-13)7-8-16-14/h5-11,16H,1-4H3,(H2,17,18,19). The Bertz CT molecular complexity index is 566. The summed E-state index contributed by atoms with van der Waals surface area (Å²) in [5, 5.41) is 7.87. The van der Waals surface area contributed by atoms with E-state index in [0.717, 1.165) is 17.2 Å². The molecule has 0 aliphatic carbocycles. The van der Waals surface area contributed by atoms with Gasteiger partial charge < -0.3 is 15.6 Å². The van der Waals surface area contributed by atoms with Crippen LogP contribution in [0.25, 0.3) is 10.9 Å². The fourth-order valence-electron chi connectivity index (χ4n) is 1.91. The van der Waals surface area contributed by atoms with Crippen LogP contribution in [-0.4, -0.2) is 23.0 Å². The Morgan fingerprint density at radius 2 is 1.95 bits per heavy atom. The quantitative estimate of drug-likeness (QED) is 0.584. The van der Waals surface area contributed by atoms with E-state index in [0.29, 0.717) is 6.04 Å². The van der Waals surface area contributed by atoms with Gasteiger partial charge in [-0.05, 0) is 52.0 Å². The molecule has 0 fully saturated rings. The Morgan fingerprint density at radius 3 is 2.63 bits per heavy atom. The number of aliphatic imine (C=N–C) groups is 1. The predicted octanol–water partition coefficient (Wildman–Crippen LogP) is 3.34. The molecule has 0 atom stereocenters. The summed E-state index contributed by atoms with van der Waals surface area (Å²) < 4.78 is 0. The second kappa shape index (κ2) is 5.78. The zero-order valence-corrected chi connectivity index (χ0v) is 12.0. The van der Waals surface area contributed by atoms with Crippen LogP contribution in [0.15, 0.2) is 35.5 Å². The van der Waals surface area contributed by atoms with Crippen LogP contribution in [-0.2, 0) is 0 Å². The first-order chi connectivity index (χ1) is 9.04. The summed E-state index contributed by atoms with van der Waals surface area (Å²) in [5.74, 6) is 0.819. The summed E-state index contributed by atoms with van der Waals surface area (Å²) in [7, 11) is 0. The molecule has 1 heterocycles. The molecule has 0 aliphatic heterocycles. The van der Waals surface area contributed by atoms with Gasteiger partial charge in [0.1, 0.15) is 0 Å². The molecule has 0 bridgehead atoms. The number of H-pyrrole nitrogens is 1. The SMILES string of the molecule is CC(C)N=C(Nc1ccc2[nH]ccc2c1)NC(C)C. The first kappa shape index (κ1) is 13.5. The van der Waals surface area contributed by atoms with Gasteiger partial charge in [-0.15, -0.1) is 0 Å². The second-order valence-electron chi connectivity index (χ2n) is 5.28. The first-order valence-corrected chi connectivity index (χ1v) is 6.73. The fourth-order valence-corrected chi connectivity index (χ4v) is 1.91. The van der Waals surface area contributed by atoms with Crippen molar-refractivity contribution in [2.75, 3.05) is 5.32 Å². The van der Waals surface area contributed by atoms with Crippen LogP contribution in [0.1, 0.15) is 27.7 Å². The lowest BCUT2D eigenvalue weighted by Gasteiger charge is -2.16. The lowest BCUT2D eigenvalue weighted by molar-refractivity contribution is 0.717. The van der Waals surface area contributed by atoms with Gasteiger partial charge in [0.15, 0.2) is 5.96 Å². The summed E-state index contributed by atoms with van der Waals surface area (Å²) in [6.07, 6.45) is 1.95. The molecule has 0 spiro atoms. The fraction of sp³-hybridized carbons (Fsp3) is 0.400. The largest absolute Gasteiger partial charge is 0.361 e. The predicted molar refractivity (Wildman–Crippen MR) is 82.8 cm³/mol. The van der Waals surface area contributed by atoms with E-state index in [1.807, 2.05) is 6.20 Å². The van der Waals surface area contributed by atoms with E-state index in [1.165, 1.54) is 5.39 Å². The highest BCUT2D eigenvalue weighted by molar-refractivity contribution is 5.96. The number of benzene rings is 1. The van der Waals surface area contributed by atoms with Gasteiger partial charge in [-0.1, -0.05) is 0 Å². The Hall–Kier alpha value is -1.97. The van der Waals surface area contributed by atoms with Crippen LogP contribution in [0.4, 0.5) is 5.69 Å². The number of nitrogens with zero attached hydrogens (tertiary/aromatic N) is 1. The monoisotopic (exact) mass is 258 g/mol. The second-order valence-corrected chi connectivity index (χ2v) is 5.28. The number of anilines is 1. The van der Waals surface area contributed by atoms with Crippen molar-refractivity contribution < 1.29 is 0 Å². The van der Waals surface area contributed by atoms with E-state index in [9.17, 15) is 0 Å². The number of guanidine groups is 1. The minimum atomic E-state index is 0.254. The van der Waals surface area contributed by atoms with Crippen molar-refractivity contribution in [1.29, 1.82) is 0 Å². The van der Waals surface area contributed by atoms with Crippen molar-refractivity contribution in [3.8, 4) is 0 Å². The van der Waals surface area contributed by atoms with Crippen LogP contribution >= 0.6 is 0 Å². The molecule has 102 valence electrons. The smallest absolute Gasteiger partial charge is 0.196 e. The molecule has 2 aromatic rings. The van der Waals surface area contributed by atoms with E-state index in [-0.39, 0.29) is 6.04 Å². The molecule has 1 aromatic heterocycles. The molecule has 4 nitrogen and oxygen atoms in total. The lowest BCUT2D eigenvalue weighted by atomic mass is 10.2. The van der Waals surface area contributed by atoms with E-state index >= 15 is 0 Å². The number of aromatic nitrogens is 1. The van der Waals surface area contributed by atoms with Gasteiger partial charge in [0, 0.05) is 34.9 Å². The van der Waals surface area contributed by atoms with Gasteiger partial charge in [0.25, 0.3) is 0 Å². The summed E-state index contributed by atoms with van der Waals surface area (Å²) >= 11 is 0. The van der Waals surface area contributed by atoms with Gasteiger partial charge >= 0.3 is 0 Å². The van der Waals surface area contributed by atoms with Crippen molar-refractivity contribution in [3.63, 3.8) is 0 Å². The van der Waals surface area contributed by atoms with E-state index in [4.69, 9.17) is 0 Å². The Labute approximate surface area is 114 Å². The highest BCUT2D eigenvalue weighted by atomic mass is 15.2. The third-order valence-electron chi connectivity index (χ3n) is 2.63. The number of hydrogen-bond donors (Lipinski definition) is 3. The van der Waals surface area contributed by atoms with Gasteiger partial charge in [0.2, 0.25) is 0 Å². The molecule has 0 amide bonds. The molecule has 0 unspecified atom stereocenters. The van der Waals surface area contributed by atoms with Crippen LogP contribution in [0, 0.1) is 0 Å². The van der Waals surface area contributed by atoms with Crippen LogP contribution in [0.5, 0.6) is 0 Å². The number of aromatic amines is 1. The van der Waals surface area contributed by atoms with Crippen molar-refractivity contribution in [1.82, 2.24) is 10.3 Å². The zero-order chi connectivity index (χ0) is 13.8. The number of hydrogen-bond acceptors (Lipinski definition) is 1. The number of fused-ring (bicyclic) bond motifs is 1. The Balaban J connectivity index is 2.19. The van der Waals surface area contributed by atoms with Crippen molar-refractivity contribution >= 4 is 22.5 Å². The number of rotatable bonds is 3. The molecule has 3 N–H and O–H groups in total. The van der Waals surface area contributed by atoms with Gasteiger partial charge in [-0.25, -0.2) is 0 Å². The summed E-state index contributed by atoms with van der Waals surface area (Å²) in [6.45, 7) is 8.35. The highest BCUT2D eigenvalue weighted by Gasteiger charge is 2.04. The molecular formula is C15H22N4. The molecule has 2 rings (SSSR count). The molecule has 0 aliphatic rings. The third-order valence-corrected chi connectivity index (χ3v) is 2.63. The van der Waals surface area contributed by atoms with Crippen LogP contribution in [0.3, 0.4) is 0 Å². The van der Waals surface area contributed by atoms with E-state index < -0.39 is 0 Å². The van der Waals surface area contributed by atoms with Crippen molar-refractivity contribution in [2.45, 2.75) is 39.8 Å². The van der Waals surface area contributed by atoms with Gasteiger partial charge in [-0.2, -0.15) is 0 Å². The van der Waals surface area contributed by atoms with Crippen LogP contribution < -0.4 is 10.6 Å². The van der Waals surface area contributed by atoms with E-state index in [2.05, 4.69) is 72.6 Å². The van der Waals surface area contributed by atoms with E-state index in [1.54, 1.807) is 0 Å². The lowest BCUT2D eigenvalue weighted by Crippen LogP contribution is -2.36.